The topological polar surface area (TPSA) is 68.0 Å². The maximum Gasteiger partial charge on any atom is 0.235 e. The summed E-state index contributed by atoms with van der Waals surface area (Å²) >= 11 is 1.50. The Kier molecular flexibility index (Phi) is 3.61. The van der Waals surface area contributed by atoms with Gasteiger partial charge in [-0.25, -0.2) is 4.98 Å². The van der Waals surface area contributed by atoms with Crippen molar-refractivity contribution in [1.29, 1.82) is 0 Å². The number of piperidine rings is 1. The van der Waals surface area contributed by atoms with Crippen LogP contribution in [-0.2, 0) is 0 Å². The third-order valence-electron chi connectivity index (χ3n) is 4.72. The first-order valence-corrected chi connectivity index (χ1v) is 8.88. The van der Waals surface area contributed by atoms with Gasteiger partial charge in [0.1, 0.15) is 10.7 Å². The van der Waals surface area contributed by atoms with Crippen molar-refractivity contribution in [3.8, 4) is 5.88 Å². The lowest BCUT2D eigenvalue weighted by molar-refractivity contribution is -0.932. The highest BCUT2D eigenvalue weighted by Crippen LogP contribution is 2.35. The Morgan fingerprint density at radius 3 is 2.87 bits per heavy atom. The third kappa shape index (κ3) is 2.53. The molecule has 2 N–H and O–H groups in total. The van der Waals surface area contributed by atoms with E-state index in [2.05, 4.69) is 17.0 Å². The van der Waals surface area contributed by atoms with E-state index in [1.165, 1.54) is 33.6 Å². The number of likely N-dealkylation sites (tertiary alicyclic amines) is 1. The zero-order chi connectivity index (χ0) is 16.0. The number of nitrogens with zero attached hydrogens (tertiary/aromatic N) is 3. The van der Waals surface area contributed by atoms with Gasteiger partial charge in [-0.3, -0.25) is 0 Å². The number of hydrogen-bond acceptors (Lipinski definition) is 5. The zero-order valence-electron chi connectivity index (χ0n) is 13.3. The summed E-state index contributed by atoms with van der Waals surface area (Å²) in [6, 6.07) is 3.91. The summed E-state index contributed by atoms with van der Waals surface area (Å²) in [6.45, 7) is 6.31. The summed E-state index contributed by atoms with van der Waals surface area (Å²) in [6.07, 6.45) is 4.10. The molecule has 0 aromatic carbocycles. The van der Waals surface area contributed by atoms with Crippen LogP contribution in [0.4, 0.5) is 0 Å². The Hall–Kier alpha value is -1.86. The molecule has 4 heterocycles. The van der Waals surface area contributed by atoms with Crippen LogP contribution in [0.1, 0.15) is 42.3 Å². The van der Waals surface area contributed by atoms with Gasteiger partial charge in [0, 0.05) is 0 Å². The zero-order valence-corrected chi connectivity index (χ0v) is 14.1. The number of thiazole rings is 1. The Morgan fingerprint density at radius 2 is 2.22 bits per heavy atom. The third-order valence-corrected chi connectivity index (χ3v) is 5.81. The minimum absolute atomic E-state index is 0.00584. The number of rotatable bonds is 3. The molecule has 1 aliphatic rings. The van der Waals surface area contributed by atoms with Gasteiger partial charge in [0.25, 0.3) is 0 Å². The lowest BCUT2D eigenvalue weighted by Crippen LogP contribution is -3.13. The standard InChI is InChI=1S/C16H20N4O2S/c1-10-5-7-19(8-6-10)13(12-4-3-9-22-12)14-15(21)20-16(23-14)17-11(2)18-20/h3-4,9-10,13,21H,5-8H2,1-2H3/p+1/t13-/m0/s1. The molecule has 0 saturated carbocycles. The van der Waals surface area contributed by atoms with Crippen molar-refractivity contribution in [2.24, 2.45) is 5.92 Å². The summed E-state index contributed by atoms with van der Waals surface area (Å²) in [7, 11) is 0. The van der Waals surface area contributed by atoms with Gasteiger partial charge in [-0.2, -0.15) is 4.52 Å². The lowest BCUT2D eigenvalue weighted by atomic mass is 9.97. The van der Waals surface area contributed by atoms with E-state index < -0.39 is 0 Å². The molecular formula is C16H21N4O2S+. The lowest BCUT2D eigenvalue weighted by Gasteiger charge is -2.32. The van der Waals surface area contributed by atoms with Crippen LogP contribution in [0.3, 0.4) is 0 Å². The van der Waals surface area contributed by atoms with E-state index in [1.807, 2.05) is 19.1 Å². The van der Waals surface area contributed by atoms with E-state index in [9.17, 15) is 5.11 Å². The van der Waals surface area contributed by atoms with Gasteiger partial charge >= 0.3 is 0 Å². The van der Waals surface area contributed by atoms with Crippen molar-refractivity contribution in [2.45, 2.75) is 32.7 Å². The number of aromatic hydroxyl groups is 1. The largest absolute Gasteiger partial charge is 0.492 e. The van der Waals surface area contributed by atoms with Gasteiger partial charge in [0.05, 0.1) is 19.4 Å². The summed E-state index contributed by atoms with van der Waals surface area (Å²) < 4.78 is 7.25. The van der Waals surface area contributed by atoms with Gasteiger partial charge in [-0.15, -0.1) is 5.10 Å². The van der Waals surface area contributed by atoms with Gasteiger partial charge < -0.3 is 14.4 Å². The van der Waals surface area contributed by atoms with Crippen molar-refractivity contribution in [2.75, 3.05) is 13.1 Å². The number of fused-ring (bicyclic) bond motifs is 1. The molecule has 1 saturated heterocycles. The molecule has 7 heteroatoms. The van der Waals surface area contributed by atoms with Crippen LogP contribution >= 0.6 is 11.3 Å². The van der Waals surface area contributed by atoms with Crippen molar-refractivity contribution in [3.05, 3.63) is 34.9 Å². The number of aromatic nitrogens is 3. The van der Waals surface area contributed by atoms with Crippen LogP contribution in [0.25, 0.3) is 4.96 Å². The van der Waals surface area contributed by atoms with Crippen molar-refractivity contribution >= 4 is 16.3 Å². The molecule has 1 fully saturated rings. The maximum atomic E-state index is 10.7. The van der Waals surface area contributed by atoms with E-state index in [1.54, 1.807) is 6.26 Å². The predicted octanol–water partition coefficient (Wildman–Crippen LogP) is 1.80. The molecule has 122 valence electrons. The molecule has 0 aliphatic carbocycles. The molecule has 3 aromatic rings. The van der Waals surface area contributed by atoms with Crippen molar-refractivity contribution in [1.82, 2.24) is 14.6 Å². The Bertz CT molecular complexity index is 800. The average molecular weight is 333 g/mol. The Labute approximate surface area is 138 Å². The summed E-state index contributed by atoms with van der Waals surface area (Å²) in [5, 5.41) is 15.0. The first-order valence-electron chi connectivity index (χ1n) is 8.06. The quantitative estimate of drug-likeness (QED) is 0.767. The van der Waals surface area contributed by atoms with Crippen LogP contribution in [0.15, 0.2) is 22.8 Å². The normalized spacial score (nSPS) is 23.4. The van der Waals surface area contributed by atoms with Crippen LogP contribution in [0, 0.1) is 12.8 Å². The molecule has 23 heavy (non-hydrogen) atoms. The van der Waals surface area contributed by atoms with Gasteiger partial charge in [0.2, 0.25) is 10.8 Å². The van der Waals surface area contributed by atoms with Crippen LogP contribution in [0.5, 0.6) is 5.88 Å². The predicted molar refractivity (Wildman–Crippen MR) is 86.9 cm³/mol. The molecule has 1 aliphatic heterocycles. The summed E-state index contributed by atoms with van der Waals surface area (Å²) in [5.74, 6) is 2.53. The highest BCUT2D eigenvalue weighted by atomic mass is 32.1. The number of aryl methyl sites for hydroxylation is 1. The van der Waals surface area contributed by atoms with Crippen molar-refractivity contribution < 1.29 is 14.4 Å². The maximum absolute atomic E-state index is 10.7. The van der Waals surface area contributed by atoms with Crippen LogP contribution in [-0.4, -0.2) is 32.8 Å². The Balaban J connectivity index is 1.77. The smallest absolute Gasteiger partial charge is 0.235 e. The average Bonchev–Trinajstić information content (AvgIpc) is 3.22. The Morgan fingerprint density at radius 1 is 1.43 bits per heavy atom. The number of hydrogen-bond donors (Lipinski definition) is 2. The molecule has 0 radical (unpaired) electrons. The van der Waals surface area contributed by atoms with E-state index in [0.717, 1.165) is 34.6 Å². The first-order chi connectivity index (χ1) is 11.1. The highest BCUT2D eigenvalue weighted by molar-refractivity contribution is 7.17. The number of nitrogens with one attached hydrogen (secondary N) is 1. The molecule has 3 aromatic heterocycles. The minimum atomic E-state index is 0.00584. The molecule has 6 nitrogen and oxygen atoms in total. The minimum Gasteiger partial charge on any atom is -0.492 e. The molecule has 0 amide bonds. The van der Waals surface area contributed by atoms with E-state index in [0.29, 0.717) is 5.82 Å². The monoisotopic (exact) mass is 333 g/mol. The molecule has 0 bridgehead atoms. The molecule has 4 rings (SSSR count). The van der Waals surface area contributed by atoms with E-state index >= 15 is 0 Å². The fraction of sp³-hybridized carbons (Fsp3) is 0.500. The first kappa shape index (κ1) is 14.7. The van der Waals surface area contributed by atoms with Crippen LogP contribution < -0.4 is 4.90 Å². The number of quaternary nitrogens is 1. The molecule has 1 atom stereocenters. The van der Waals surface area contributed by atoms with Crippen molar-refractivity contribution in [3.63, 3.8) is 0 Å². The van der Waals surface area contributed by atoms with Gasteiger partial charge in [-0.1, -0.05) is 18.3 Å². The van der Waals surface area contributed by atoms with E-state index in [-0.39, 0.29) is 11.9 Å². The fourth-order valence-corrected chi connectivity index (χ4v) is 4.60. The molecular weight excluding hydrogens is 312 g/mol. The van der Waals surface area contributed by atoms with E-state index in [4.69, 9.17) is 4.42 Å². The second-order valence-corrected chi connectivity index (χ2v) is 7.44. The van der Waals surface area contributed by atoms with Crippen LogP contribution in [0.2, 0.25) is 0 Å². The second-order valence-electron chi connectivity index (χ2n) is 6.43. The summed E-state index contributed by atoms with van der Waals surface area (Å²) in [4.78, 5) is 7.45. The second kappa shape index (κ2) is 5.65. The molecule has 0 spiro atoms. The summed E-state index contributed by atoms with van der Waals surface area (Å²) in [5.41, 5.74) is 0. The SMILES string of the molecule is Cc1nc2sc([C@H](c3ccco3)[NH+]3CCC(C)CC3)c(O)n2n1. The number of furan rings is 1. The molecule has 0 unspecified atom stereocenters. The fourth-order valence-electron chi connectivity index (χ4n) is 3.43. The highest BCUT2D eigenvalue weighted by Gasteiger charge is 2.36. The van der Waals surface area contributed by atoms with Gasteiger partial charge in [0.15, 0.2) is 11.8 Å². The van der Waals surface area contributed by atoms with Gasteiger partial charge in [-0.05, 0) is 37.8 Å².